The number of hydrogen-bond donors (Lipinski definition) is 2. The molecule has 154 valence electrons. The number of benzene rings is 2. The summed E-state index contributed by atoms with van der Waals surface area (Å²) in [5.74, 6) is 2.25. The maximum absolute atomic E-state index is 5.90. The molecule has 3 rings (SSSR count). The van der Waals surface area contributed by atoms with E-state index >= 15 is 0 Å². The zero-order valence-corrected chi connectivity index (χ0v) is 19.3. The van der Waals surface area contributed by atoms with E-state index < -0.39 is 0 Å². The number of guanidine groups is 1. The van der Waals surface area contributed by atoms with Crippen LogP contribution in [0.1, 0.15) is 16.8 Å². The summed E-state index contributed by atoms with van der Waals surface area (Å²) in [6.45, 7) is 5.82. The van der Waals surface area contributed by atoms with Crippen molar-refractivity contribution < 1.29 is 9.15 Å². The molecule has 0 radical (unpaired) electrons. The first-order valence-electron chi connectivity index (χ1n) is 9.30. The number of aromatic nitrogens is 1. The van der Waals surface area contributed by atoms with Gasteiger partial charge in [-0.05, 0) is 37.1 Å². The first kappa shape index (κ1) is 22.7. The number of ether oxygens (including phenoxy) is 1. The summed E-state index contributed by atoms with van der Waals surface area (Å²) in [7, 11) is 1.74. The smallest absolute Gasteiger partial charge is 0.226 e. The van der Waals surface area contributed by atoms with Gasteiger partial charge in [0.1, 0.15) is 18.6 Å². The predicted molar refractivity (Wildman–Crippen MR) is 127 cm³/mol. The van der Waals surface area contributed by atoms with E-state index in [2.05, 4.69) is 46.6 Å². The van der Waals surface area contributed by atoms with E-state index in [9.17, 15) is 0 Å². The Bertz CT molecular complexity index is 905. The largest absolute Gasteiger partial charge is 0.491 e. The summed E-state index contributed by atoms with van der Waals surface area (Å²) in [6, 6.07) is 16.0. The van der Waals surface area contributed by atoms with Crippen LogP contribution in [0.25, 0.3) is 11.5 Å². The summed E-state index contributed by atoms with van der Waals surface area (Å²) < 4.78 is 11.5. The van der Waals surface area contributed by atoms with Crippen molar-refractivity contribution in [1.82, 2.24) is 15.6 Å². The Kier molecular flexibility index (Phi) is 8.98. The molecule has 0 aliphatic carbocycles. The number of nitrogens with one attached hydrogen (secondary N) is 2. The van der Waals surface area contributed by atoms with Gasteiger partial charge in [0.15, 0.2) is 5.96 Å². The van der Waals surface area contributed by atoms with Crippen LogP contribution in [0.15, 0.2) is 64.2 Å². The summed E-state index contributed by atoms with van der Waals surface area (Å²) in [4.78, 5) is 8.73. The van der Waals surface area contributed by atoms with Gasteiger partial charge in [-0.3, -0.25) is 4.99 Å². The minimum atomic E-state index is 0. The van der Waals surface area contributed by atoms with Crippen LogP contribution >= 0.6 is 24.0 Å². The van der Waals surface area contributed by atoms with Gasteiger partial charge in [-0.15, -0.1) is 24.0 Å². The van der Waals surface area contributed by atoms with Crippen LogP contribution in [0.5, 0.6) is 5.75 Å². The van der Waals surface area contributed by atoms with Gasteiger partial charge in [0, 0.05) is 12.6 Å². The van der Waals surface area contributed by atoms with Gasteiger partial charge in [-0.25, -0.2) is 4.98 Å². The molecule has 0 spiro atoms. The lowest BCUT2D eigenvalue weighted by Crippen LogP contribution is -2.39. The Morgan fingerprint density at radius 3 is 2.45 bits per heavy atom. The molecule has 0 saturated carbocycles. The molecule has 0 fully saturated rings. The van der Waals surface area contributed by atoms with Gasteiger partial charge in [0.25, 0.3) is 0 Å². The van der Waals surface area contributed by atoms with Gasteiger partial charge in [-0.1, -0.05) is 36.4 Å². The average molecular weight is 506 g/mol. The molecular formula is C22H27IN4O2. The molecule has 6 nitrogen and oxygen atoms in total. The van der Waals surface area contributed by atoms with Gasteiger partial charge < -0.3 is 19.8 Å². The number of aryl methyl sites for hydroxylation is 2. The number of para-hydroxylation sites is 1. The molecule has 0 atom stereocenters. The second-order valence-electron chi connectivity index (χ2n) is 6.43. The van der Waals surface area contributed by atoms with E-state index in [0.29, 0.717) is 31.5 Å². The fourth-order valence-electron chi connectivity index (χ4n) is 2.85. The number of hydrogen-bond acceptors (Lipinski definition) is 4. The van der Waals surface area contributed by atoms with Crippen molar-refractivity contribution in [2.24, 2.45) is 4.99 Å². The molecule has 7 heteroatoms. The van der Waals surface area contributed by atoms with Crippen LogP contribution < -0.4 is 15.4 Å². The third-order valence-electron chi connectivity index (χ3n) is 4.28. The zero-order valence-electron chi connectivity index (χ0n) is 16.9. The highest BCUT2D eigenvalue weighted by molar-refractivity contribution is 14.0. The van der Waals surface area contributed by atoms with Crippen molar-refractivity contribution in [1.29, 1.82) is 0 Å². The molecule has 1 aromatic heterocycles. The van der Waals surface area contributed by atoms with Crippen molar-refractivity contribution in [3.05, 3.63) is 71.6 Å². The second-order valence-corrected chi connectivity index (χ2v) is 6.43. The Morgan fingerprint density at radius 2 is 1.76 bits per heavy atom. The van der Waals surface area contributed by atoms with Crippen LogP contribution in [0.2, 0.25) is 0 Å². The quantitative estimate of drug-likeness (QED) is 0.216. The molecule has 0 bridgehead atoms. The number of rotatable bonds is 7. The number of oxazole rings is 1. The fourth-order valence-corrected chi connectivity index (χ4v) is 2.85. The Morgan fingerprint density at radius 1 is 1.03 bits per heavy atom. The van der Waals surface area contributed by atoms with Crippen LogP contribution in [0.3, 0.4) is 0 Å². The number of halogens is 1. The maximum Gasteiger partial charge on any atom is 0.226 e. The van der Waals surface area contributed by atoms with E-state index in [1.165, 1.54) is 0 Å². The molecule has 0 aliphatic rings. The van der Waals surface area contributed by atoms with Crippen molar-refractivity contribution in [3.63, 3.8) is 0 Å². The lowest BCUT2D eigenvalue weighted by Gasteiger charge is -2.14. The molecule has 2 N–H and O–H groups in total. The molecule has 0 saturated heterocycles. The first-order valence-corrected chi connectivity index (χ1v) is 9.30. The standard InChI is InChI=1S/C22H26N4O2.HI/c1-16-8-7-9-17(2)20(16)27-13-12-24-22(23-3)25-14-19-15-28-21(26-19)18-10-5-4-6-11-18;/h4-11,15H,12-14H2,1-3H3,(H2,23,24,25);1H. The highest BCUT2D eigenvalue weighted by Gasteiger charge is 2.07. The SMILES string of the molecule is CN=C(NCCOc1c(C)cccc1C)NCc1coc(-c2ccccc2)n1.I. The molecule has 0 unspecified atom stereocenters. The Labute approximate surface area is 188 Å². The number of aliphatic imine (C=N–C) groups is 1. The van der Waals surface area contributed by atoms with E-state index in [0.717, 1.165) is 28.1 Å². The highest BCUT2D eigenvalue weighted by Crippen LogP contribution is 2.22. The first-order chi connectivity index (χ1) is 13.7. The lowest BCUT2D eigenvalue weighted by atomic mass is 10.1. The normalized spacial score (nSPS) is 10.9. The van der Waals surface area contributed by atoms with Crippen LogP contribution in [-0.4, -0.2) is 31.1 Å². The molecule has 29 heavy (non-hydrogen) atoms. The molecule has 2 aromatic carbocycles. The monoisotopic (exact) mass is 506 g/mol. The van der Waals surface area contributed by atoms with Gasteiger partial charge >= 0.3 is 0 Å². The zero-order chi connectivity index (χ0) is 19.8. The molecule has 1 heterocycles. The van der Waals surface area contributed by atoms with Crippen LogP contribution in [-0.2, 0) is 6.54 Å². The third-order valence-corrected chi connectivity index (χ3v) is 4.28. The van der Waals surface area contributed by atoms with Crippen molar-refractivity contribution in [2.75, 3.05) is 20.2 Å². The minimum absolute atomic E-state index is 0. The van der Waals surface area contributed by atoms with Crippen LogP contribution in [0, 0.1) is 13.8 Å². The molecule has 0 aliphatic heterocycles. The second kappa shape index (κ2) is 11.5. The summed E-state index contributed by atoms with van der Waals surface area (Å²) in [5.41, 5.74) is 4.05. The van der Waals surface area contributed by atoms with Gasteiger partial charge in [-0.2, -0.15) is 0 Å². The third kappa shape index (κ3) is 6.49. The van der Waals surface area contributed by atoms with E-state index in [1.807, 2.05) is 36.4 Å². The van der Waals surface area contributed by atoms with Crippen molar-refractivity contribution in [2.45, 2.75) is 20.4 Å². The Hall–Kier alpha value is -2.55. The topological polar surface area (TPSA) is 71.7 Å². The molecular weight excluding hydrogens is 479 g/mol. The maximum atomic E-state index is 5.90. The van der Waals surface area contributed by atoms with Gasteiger partial charge in [0.2, 0.25) is 5.89 Å². The predicted octanol–water partition coefficient (Wildman–Crippen LogP) is 4.32. The molecule has 3 aromatic rings. The van der Waals surface area contributed by atoms with Crippen LogP contribution in [0.4, 0.5) is 0 Å². The number of nitrogens with zero attached hydrogens (tertiary/aromatic N) is 2. The van der Waals surface area contributed by atoms with E-state index in [1.54, 1.807) is 13.3 Å². The van der Waals surface area contributed by atoms with Crippen molar-refractivity contribution in [3.8, 4) is 17.2 Å². The van der Waals surface area contributed by atoms with Crippen molar-refractivity contribution >= 4 is 29.9 Å². The lowest BCUT2D eigenvalue weighted by molar-refractivity contribution is 0.317. The molecule has 0 amide bonds. The minimum Gasteiger partial charge on any atom is -0.491 e. The van der Waals surface area contributed by atoms with Gasteiger partial charge in [0.05, 0.1) is 18.8 Å². The highest BCUT2D eigenvalue weighted by atomic mass is 127. The van der Waals surface area contributed by atoms with E-state index in [4.69, 9.17) is 9.15 Å². The summed E-state index contributed by atoms with van der Waals surface area (Å²) in [5, 5.41) is 6.48. The summed E-state index contributed by atoms with van der Waals surface area (Å²) in [6.07, 6.45) is 1.66. The average Bonchev–Trinajstić information content (AvgIpc) is 3.19. The fraction of sp³-hybridized carbons (Fsp3) is 0.273. The summed E-state index contributed by atoms with van der Waals surface area (Å²) >= 11 is 0. The van der Waals surface area contributed by atoms with E-state index in [-0.39, 0.29) is 24.0 Å². The Balaban J connectivity index is 0.00000300.